The summed E-state index contributed by atoms with van der Waals surface area (Å²) in [5.41, 5.74) is 6.71. The van der Waals surface area contributed by atoms with E-state index in [1.807, 2.05) is 24.3 Å². The fourth-order valence-electron chi connectivity index (χ4n) is 4.10. The number of primary amides is 1. The number of fused-ring (bicyclic) bond motifs is 1. The minimum atomic E-state index is -1.00. The standard InChI is InChI=1S/C23H29N5O4/c24-21(30)19(13-28-10-4-3-7-20(28)29)27-22(31)17(11-14-8-9-14)26-23(32)18-12-15-5-1-2-6-16(15)25-18/h1-2,5-6,12,14,17,19,25H,3-4,7-11,13H2,(H2,24,30)(H,26,32)(H,27,31)/t17-,19-/m0/s1. The van der Waals surface area contributed by atoms with Crippen LogP contribution in [-0.2, 0) is 14.4 Å². The van der Waals surface area contributed by atoms with E-state index in [1.54, 1.807) is 11.0 Å². The Kier molecular flexibility index (Phi) is 6.43. The number of carbonyl (C=O) groups excluding carboxylic acids is 4. The van der Waals surface area contributed by atoms with Gasteiger partial charge in [0.25, 0.3) is 5.91 Å². The molecular formula is C23H29N5O4. The molecule has 170 valence electrons. The van der Waals surface area contributed by atoms with Crippen LogP contribution in [0.1, 0.15) is 49.0 Å². The second kappa shape index (κ2) is 9.42. The van der Waals surface area contributed by atoms with Gasteiger partial charge in [0.2, 0.25) is 17.7 Å². The third-order valence-corrected chi connectivity index (χ3v) is 6.15. The molecule has 4 rings (SSSR count). The highest BCUT2D eigenvalue weighted by Crippen LogP contribution is 2.33. The summed E-state index contributed by atoms with van der Waals surface area (Å²) >= 11 is 0. The highest BCUT2D eigenvalue weighted by molar-refractivity contribution is 6.00. The summed E-state index contributed by atoms with van der Waals surface area (Å²) in [4.78, 5) is 54.6. The van der Waals surface area contributed by atoms with Gasteiger partial charge in [0.1, 0.15) is 17.8 Å². The Hall–Kier alpha value is -3.36. The monoisotopic (exact) mass is 439 g/mol. The van der Waals surface area contributed by atoms with Crippen molar-refractivity contribution in [2.45, 2.75) is 50.6 Å². The molecule has 2 heterocycles. The number of nitrogens with one attached hydrogen (secondary N) is 3. The van der Waals surface area contributed by atoms with Crippen molar-refractivity contribution in [3.63, 3.8) is 0 Å². The van der Waals surface area contributed by atoms with Gasteiger partial charge in [0, 0.05) is 30.4 Å². The first-order chi connectivity index (χ1) is 15.4. The van der Waals surface area contributed by atoms with Crippen molar-refractivity contribution >= 4 is 34.5 Å². The molecule has 1 aromatic carbocycles. The van der Waals surface area contributed by atoms with E-state index in [0.717, 1.165) is 36.6 Å². The van der Waals surface area contributed by atoms with Crippen LogP contribution in [-0.4, -0.2) is 58.7 Å². The van der Waals surface area contributed by atoms with Gasteiger partial charge in [-0.15, -0.1) is 0 Å². The summed E-state index contributed by atoms with van der Waals surface area (Å²) in [6, 6.07) is 7.48. The largest absolute Gasteiger partial charge is 0.368 e. The molecule has 9 nitrogen and oxygen atoms in total. The van der Waals surface area contributed by atoms with Crippen molar-refractivity contribution in [3.8, 4) is 0 Å². The van der Waals surface area contributed by atoms with Gasteiger partial charge >= 0.3 is 0 Å². The lowest BCUT2D eigenvalue weighted by atomic mass is 10.1. The van der Waals surface area contributed by atoms with Gasteiger partial charge in [-0.05, 0) is 37.3 Å². The molecule has 1 aliphatic carbocycles. The maximum atomic E-state index is 13.0. The third kappa shape index (κ3) is 5.27. The highest BCUT2D eigenvalue weighted by Gasteiger charge is 2.33. The topological polar surface area (TPSA) is 137 Å². The van der Waals surface area contributed by atoms with E-state index in [-0.39, 0.29) is 18.4 Å². The highest BCUT2D eigenvalue weighted by atomic mass is 16.2. The second-order valence-corrected chi connectivity index (χ2v) is 8.74. The number of piperidine rings is 1. The second-order valence-electron chi connectivity index (χ2n) is 8.74. The molecule has 0 unspecified atom stereocenters. The summed E-state index contributed by atoms with van der Waals surface area (Å²) < 4.78 is 0. The van der Waals surface area contributed by atoms with Crippen LogP contribution in [0.4, 0.5) is 0 Å². The van der Waals surface area contributed by atoms with Crippen LogP contribution in [0.25, 0.3) is 10.9 Å². The molecule has 5 N–H and O–H groups in total. The minimum absolute atomic E-state index is 0.0432. The molecule has 9 heteroatoms. The third-order valence-electron chi connectivity index (χ3n) is 6.15. The predicted molar refractivity (Wildman–Crippen MR) is 118 cm³/mol. The summed E-state index contributed by atoms with van der Waals surface area (Å²) in [5, 5.41) is 6.38. The Labute approximate surface area is 186 Å². The first-order valence-electron chi connectivity index (χ1n) is 11.2. The Morgan fingerprint density at radius 1 is 1.12 bits per heavy atom. The molecule has 0 bridgehead atoms. The van der Waals surface area contributed by atoms with Crippen LogP contribution in [0.5, 0.6) is 0 Å². The zero-order valence-electron chi connectivity index (χ0n) is 17.9. The summed E-state index contributed by atoms with van der Waals surface area (Å²) in [6.45, 7) is 0.590. The van der Waals surface area contributed by atoms with E-state index < -0.39 is 23.9 Å². The Morgan fingerprint density at radius 3 is 2.59 bits per heavy atom. The molecule has 2 atom stereocenters. The number of hydrogen-bond donors (Lipinski definition) is 4. The number of rotatable bonds is 9. The maximum absolute atomic E-state index is 13.0. The molecule has 2 aliphatic rings. The van der Waals surface area contributed by atoms with Crippen LogP contribution < -0.4 is 16.4 Å². The van der Waals surface area contributed by atoms with E-state index in [0.29, 0.717) is 31.0 Å². The summed E-state index contributed by atoms with van der Waals surface area (Å²) in [7, 11) is 0. The van der Waals surface area contributed by atoms with E-state index in [4.69, 9.17) is 5.73 Å². The maximum Gasteiger partial charge on any atom is 0.268 e. The van der Waals surface area contributed by atoms with Crippen molar-refractivity contribution in [3.05, 3.63) is 36.0 Å². The number of hydrogen-bond acceptors (Lipinski definition) is 4. The van der Waals surface area contributed by atoms with Gasteiger partial charge in [-0.25, -0.2) is 0 Å². The number of carbonyl (C=O) groups is 4. The fourth-order valence-corrected chi connectivity index (χ4v) is 4.10. The van der Waals surface area contributed by atoms with Gasteiger partial charge in [0.15, 0.2) is 0 Å². The van der Waals surface area contributed by atoms with E-state index in [9.17, 15) is 19.2 Å². The number of amides is 4. The lowest BCUT2D eigenvalue weighted by Gasteiger charge is -2.30. The Morgan fingerprint density at radius 2 is 1.91 bits per heavy atom. The predicted octanol–water partition coefficient (Wildman–Crippen LogP) is 1.05. The molecule has 1 saturated heterocycles. The number of aromatic amines is 1. The van der Waals surface area contributed by atoms with E-state index in [1.165, 1.54) is 0 Å². The fraction of sp³-hybridized carbons (Fsp3) is 0.478. The molecule has 2 fully saturated rings. The average Bonchev–Trinajstić information content (AvgIpc) is 3.48. The number of H-pyrrole nitrogens is 1. The van der Waals surface area contributed by atoms with Gasteiger partial charge < -0.3 is 26.3 Å². The summed E-state index contributed by atoms with van der Waals surface area (Å²) in [5.74, 6) is -1.23. The van der Waals surface area contributed by atoms with Gasteiger partial charge in [-0.3, -0.25) is 19.2 Å². The van der Waals surface area contributed by atoms with Crippen molar-refractivity contribution in [2.75, 3.05) is 13.1 Å². The van der Waals surface area contributed by atoms with Crippen LogP contribution in [0.15, 0.2) is 30.3 Å². The first kappa shape index (κ1) is 21.9. The number of likely N-dealkylation sites (tertiary alicyclic amines) is 1. The first-order valence-corrected chi connectivity index (χ1v) is 11.2. The van der Waals surface area contributed by atoms with Gasteiger partial charge in [-0.2, -0.15) is 0 Å². The van der Waals surface area contributed by atoms with Gasteiger partial charge in [0.05, 0.1) is 0 Å². The number of para-hydroxylation sites is 1. The average molecular weight is 440 g/mol. The zero-order valence-corrected chi connectivity index (χ0v) is 17.9. The molecule has 4 amide bonds. The molecule has 32 heavy (non-hydrogen) atoms. The number of nitrogens with zero attached hydrogens (tertiary/aromatic N) is 1. The smallest absolute Gasteiger partial charge is 0.268 e. The van der Waals surface area contributed by atoms with Crippen molar-refractivity contribution in [1.82, 2.24) is 20.5 Å². The molecule has 1 saturated carbocycles. The van der Waals surface area contributed by atoms with Gasteiger partial charge in [-0.1, -0.05) is 31.0 Å². The molecule has 1 aliphatic heterocycles. The van der Waals surface area contributed by atoms with Crippen LogP contribution in [0, 0.1) is 5.92 Å². The number of aromatic nitrogens is 1. The quantitative estimate of drug-likeness (QED) is 0.464. The lowest BCUT2D eigenvalue weighted by Crippen LogP contribution is -2.57. The lowest BCUT2D eigenvalue weighted by molar-refractivity contribution is -0.136. The Bertz CT molecular complexity index is 995. The van der Waals surface area contributed by atoms with E-state index in [2.05, 4.69) is 15.6 Å². The van der Waals surface area contributed by atoms with Crippen LogP contribution >= 0.6 is 0 Å². The minimum Gasteiger partial charge on any atom is -0.368 e. The molecule has 0 radical (unpaired) electrons. The normalized spacial score (nSPS) is 18.2. The number of nitrogens with two attached hydrogens (primary N) is 1. The molecule has 1 aromatic heterocycles. The Balaban J connectivity index is 1.43. The van der Waals surface area contributed by atoms with Crippen molar-refractivity contribution in [2.24, 2.45) is 11.7 Å². The van der Waals surface area contributed by atoms with Crippen LogP contribution in [0.2, 0.25) is 0 Å². The summed E-state index contributed by atoms with van der Waals surface area (Å²) in [6.07, 6.45) is 4.62. The van der Waals surface area contributed by atoms with Crippen molar-refractivity contribution < 1.29 is 19.2 Å². The van der Waals surface area contributed by atoms with Crippen LogP contribution in [0.3, 0.4) is 0 Å². The van der Waals surface area contributed by atoms with E-state index >= 15 is 0 Å². The SMILES string of the molecule is NC(=O)[C@H](CN1CCCCC1=O)NC(=O)[C@H](CC1CC1)NC(=O)c1cc2ccccc2[nH]1. The number of benzene rings is 1. The molecule has 2 aromatic rings. The van der Waals surface area contributed by atoms with Crippen molar-refractivity contribution in [1.29, 1.82) is 0 Å². The molecular weight excluding hydrogens is 410 g/mol. The zero-order chi connectivity index (χ0) is 22.7. The molecule has 0 spiro atoms.